The molecule has 130 valence electrons. The number of aliphatic hydroxyl groups excluding tert-OH is 1. The molecule has 2 heterocycles. The molecule has 0 aliphatic carbocycles. The van der Waals surface area contributed by atoms with Gasteiger partial charge in [0, 0.05) is 31.2 Å². The molecule has 0 bridgehead atoms. The van der Waals surface area contributed by atoms with E-state index in [1.54, 1.807) is 4.90 Å². The van der Waals surface area contributed by atoms with E-state index in [0.29, 0.717) is 29.6 Å². The van der Waals surface area contributed by atoms with Crippen molar-refractivity contribution in [1.29, 1.82) is 0 Å². The number of carbonyl (C=O) groups excluding carboxylic acids is 1. The zero-order valence-corrected chi connectivity index (χ0v) is 12.6. The molecule has 6 nitrogen and oxygen atoms in total. The number of aromatic nitrogens is 2. The minimum atomic E-state index is -4.51. The average Bonchev–Trinajstić information content (AvgIpc) is 3.10. The molecule has 1 saturated heterocycles. The van der Waals surface area contributed by atoms with Crippen LogP contribution in [0, 0.1) is 5.92 Å². The third kappa shape index (κ3) is 3.16. The lowest BCUT2D eigenvalue weighted by molar-refractivity contribution is -0.140. The zero-order chi connectivity index (χ0) is 17.5. The average molecular weight is 343 g/mol. The van der Waals surface area contributed by atoms with E-state index in [1.165, 1.54) is 18.2 Å². The number of halogens is 3. The predicted octanol–water partition coefficient (Wildman–Crippen LogP) is 1.35. The fourth-order valence-corrected chi connectivity index (χ4v) is 2.98. The lowest BCUT2D eigenvalue weighted by atomic mass is 10.1. The fourth-order valence-electron chi connectivity index (χ4n) is 2.98. The van der Waals surface area contributed by atoms with E-state index in [0.717, 1.165) is 0 Å². The quantitative estimate of drug-likeness (QED) is 0.883. The lowest BCUT2D eigenvalue weighted by Crippen LogP contribution is -2.29. The minimum absolute atomic E-state index is 0.0103. The Hall–Kier alpha value is -2.29. The van der Waals surface area contributed by atoms with E-state index in [2.05, 4.69) is 4.98 Å². The lowest BCUT2D eigenvalue weighted by Gasteiger charge is -2.16. The van der Waals surface area contributed by atoms with E-state index in [1.807, 2.05) is 0 Å². The zero-order valence-electron chi connectivity index (χ0n) is 12.6. The van der Waals surface area contributed by atoms with Crippen molar-refractivity contribution in [2.24, 2.45) is 5.92 Å². The number of hydrogen-bond acceptors (Lipinski definition) is 3. The number of aromatic amines is 1. The van der Waals surface area contributed by atoms with E-state index < -0.39 is 18.4 Å². The number of aliphatic hydroxyl groups is 1. The van der Waals surface area contributed by atoms with Gasteiger partial charge < -0.3 is 15.0 Å². The van der Waals surface area contributed by atoms with Crippen LogP contribution in [-0.2, 0) is 6.54 Å². The Kier molecular flexibility index (Phi) is 4.12. The molecule has 1 unspecified atom stereocenters. The molecule has 0 spiro atoms. The summed E-state index contributed by atoms with van der Waals surface area (Å²) >= 11 is 0. The highest BCUT2D eigenvalue weighted by molar-refractivity contribution is 5.97. The Labute approximate surface area is 134 Å². The van der Waals surface area contributed by atoms with Crippen LogP contribution in [0.1, 0.15) is 16.8 Å². The first kappa shape index (κ1) is 16.6. The summed E-state index contributed by atoms with van der Waals surface area (Å²) in [6.07, 6.45) is -3.80. The molecule has 24 heavy (non-hydrogen) atoms. The Bertz CT molecular complexity index is 825. The highest BCUT2D eigenvalue weighted by atomic mass is 19.4. The van der Waals surface area contributed by atoms with Crippen LogP contribution >= 0.6 is 0 Å². The summed E-state index contributed by atoms with van der Waals surface area (Å²) in [5.41, 5.74) is -0.286. The van der Waals surface area contributed by atoms with Crippen LogP contribution in [0.2, 0.25) is 0 Å². The number of imidazole rings is 1. The Morgan fingerprint density at radius 2 is 2.12 bits per heavy atom. The van der Waals surface area contributed by atoms with Gasteiger partial charge in [-0.1, -0.05) is 0 Å². The first-order valence-electron chi connectivity index (χ1n) is 7.48. The van der Waals surface area contributed by atoms with Crippen molar-refractivity contribution in [3.63, 3.8) is 0 Å². The van der Waals surface area contributed by atoms with Crippen LogP contribution in [0.4, 0.5) is 13.2 Å². The van der Waals surface area contributed by atoms with E-state index in [4.69, 9.17) is 5.11 Å². The van der Waals surface area contributed by atoms with Crippen molar-refractivity contribution in [3.8, 4) is 0 Å². The molecule has 1 aromatic heterocycles. The number of amides is 1. The molecular weight excluding hydrogens is 327 g/mol. The van der Waals surface area contributed by atoms with Gasteiger partial charge in [0.1, 0.15) is 6.54 Å². The van der Waals surface area contributed by atoms with Crippen LogP contribution in [0.3, 0.4) is 0 Å². The Balaban J connectivity index is 1.90. The SMILES string of the molecule is O=C(c1ccc2c(c1)[nH]c(=O)n2CC(F)(F)F)N1CCC(CO)C1. The van der Waals surface area contributed by atoms with Crippen molar-refractivity contribution in [2.75, 3.05) is 19.7 Å². The van der Waals surface area contributed by atoms with Crippen LogP contribution in [0.15, 0.2) is 23.0 Å². The van der Waals surface area contributed by atoms with Gasteiger partial charge in [0.15, 0.2) is 0 Å². The normalized spacial score (nSPS) is 18.5. The first-order chi connectivity index (χ1) is 11.3. The highest BCUT2D eigenvalue weighted by Gasteiger charge is 2.30. The third-order valence-corrected chi connectivity index (χ3v) is 4.19. The maximum absolute atomic E-state index is 12.6. The number of carbonyl (C=O) groups is 1. The number of nitrogens with one attached hydrogen (secondary N) is 1. The molecule has 1 aromatic carbocycles. The first-order valence-corrected chi connectivity index (χ1v) is 7.48. The number of fused-ring (bicyclic) bond motifs is 1. The minimum Gasteiger partial charge on any atom is -0.396 e. The molecule has 1 aliphatic heterocycles. The van der Waals surface area contributed by atoms with Gasteiger partial charge in [0.25, 0.3) is 5.91 Å². The van der Waals surface area contributed by atoms with Crippen molar-refractivity contribution < 1.29 is 23.1 Å². The van der Waals surface area contributed by atoms with Gasteiger partial charge in [-0.05, 0) is 24.6 Å². The molecule has 2 N–H and O–H groups in total. The van der Waals surface area contributed by atoms with E-state index in [-0.39, 0.29) is 29.5 Å². The number of likely N-dealkylation sites (tertiary alicyclic amines) is 1. The number of rotatable bonds is 3. The molecule has 0 saturated carbocycles. The van der Waals surface area contributed by atoms with Gasteiger partial charge in [0.2, 0.25) is 0 Å². The molecule has 9 heteroatoms. The number of benzene rings is 1. The second-order valence-electron chi connectivity index (χ2n) is 5.95. The summed E-state index contributed by atoms with van der Waals surface area (Å²) in [4.78, 5) is 28.1. The second kappa shape index (κ2) is 5.97. The summed E-state index contributed by atoms with van der Waals surface area (Å²) in [5.74, 6) is -0.220. The molecular formula is C15H16F3N3O3. The van der Waals surface area contributed by atoms with Crippen LogP contribution in [-0.4, -0.2) is 51.3 Å². The van der Waals surface area contributed by atoms with Crippen LogP contribution < -0.4 is 5.69 Å². The van der Waals surface area contributed by atoms with Crippen molar-refractivity contribution >= 4 is 16.9 Å². The smallest absolute Gasteiger partial charge is 0.396 e. The number of alkyl halides is 3. The summed E-state index contributed by atoms with van der Waals surface area (Å²) in [7, 11) is 0. The highest BCUT2D eigenvalue weighted by Crippen LogP contribution is 2.22. The summed E-state index contributed by atoms with van der Waals surface area (Å²) in [6.45, 7) is -0.410. The van der Waals surface area contributed by atoms with Gasteiger partial charge in [-0.2, -0.15) is 13.2 Å². The van der Waals surface area contributed by atoms with E-state index >= 15 is 0 Å². The summed E-state index contributed by atoms with van der Waals surface area (Å²) in [6, 6.07) is 4.14. The maximum Gasteiger partial charge on any atom is 0.406 e. The van der Waals surface area contributed by atoms with Gasteiger partial charge in [-0.3, -0.25) is 9.36 Å². The molecule has 0 radical (unpaired) electrons. The van der Waals surface area contributed by atoms with Crippen LogP contribution in [0.25, 0.3) is 11.0 Å². The van der Waals surface area contributed by atoms with Gasteiger partial charge in [-0.15, -0.1) is 0 Å². The van der Waals surface area contributed by atoms with Crippen molar-refractivity contribution in [3.05, 3.63) is 34.2 Å². The fraction of sp³-hybridized carbons (Fsp3) is 0.467. The molecule has 1 amide bonds. The van der Waals surface area contributed by atoms with Crippen LogP contribution in [0.5, 0.6) is 0 Å². The molecule has 3 rings (SSSR count). The third-order valence-electron chi connectivity index (χ3n) is 4.19. The molecule has 1 fully saturated rings. The summed E-state index contributed by atoms with van der Waals surface area (Å²) < 4.78 is 38.3. The topological polar surface area (TPSA) is 78.3 Å². The number of nitrogens with zero attached hydrogens (tertiary/aromatic N) is 2. The molecule has 1 atom stereocenters. The van der Waals surface area contributed by atoms with Crippen molar-refractivity contribution in [2.45, 2.75) is 19.1 Å². The number of hydrogen-bond donors (Lipinski definition) is 2. The maximum atomic E-state index is 12.6. The number of H-pyrrole nitrogens is 1. The Morgan fingerprint density at radius 1 is 1.38 bits per heavy atom. The van der Waals surface area contributed by atoms with Gasteiger partial charge in [0.05, 0.1) is 11.0 Å². The van der Waals surface area contributed by atoms with Gasteiger partial charge >= 0.3 is 11.9 Å². The second-order valence-corrected chi connectivity index (χ2v) is 5.95. The monoisotopic (exact) mass is 343 g/mol. The summed E-state index contributed by atoms with van der Waals surface area (Å²) in [5, 5.41) is 9.13. The standard InChI is InChI=1S/C15H16F3N3O3/c16-15(17,18)8-21-12-2-1-10(5-11(12)19-14(21)24)13(23)20-4-3-9(6-20)7-22/h1-2,5,9,22H,3-4,6-8H2,(H,19,24). The molecule has 2 aromatic rings. The Morgan fingerprint density at radius 3 is 2.75 bits per heavy atom. The molecule has 1 aliphatic rings. The van der Waals surface area contributed by atoms with E-state index in [9.17, 15) is 22.8 Å². The largest absolute Gasteiger partial charge is 0.406 e. The predicted molar refractivity (Wildman–Crippen MR) is 79.7 cm³/mol. The van der Waals surface area contributed by atoms with Crippen molar-refractivity contribution in [1.82, 2.24) is 14.5 Å². The van der Waals surface area contributed by atoms with Gasteiger partial charge in [-0.25, -0.2) is 4.79 Å².